The summed E-state index contributed by atoms with van der Waals surface area (Å²) in [6, 6.07) is 3.77. The van der Waals surface area contributed by atoms with Gasteiger partial charge in [-0.05, 0) is 18.2 Å². The number of rotatable bonds is 3. The highest BCUT2D eigenvalue weighted by atomic mass is 32.2. The molecular formula is C14H15FN4O2S. The molecule has 0 atom stereocenters. The number of hydrogen-bond acceptors (Lipinski definition) is 6. The molecule has 2 aromatic rings. The normalized spacial score (nSPS) is 14.5. The lowest BCUT2D eigenvalue weighted by Gasteiger charge is -2.19. The van der Waals surface area contributed by atoms with Crippen LogP contribution < -0.4 is 10.6 Å². The number of hydrogen-bond donors (Lipinski definition) is 2. The minimum atomic E-state index is -3.43. The van der Waals surface area contributed by atoms with Crippen LogP contribution in [0.3, 0.4) is 0 Å². The second-order valence-corrected chi connectivity index (χ2v) is 7.13. The summed E-state index contributed by atoms with van der Waals surface area (Å²) in [4.78, 5) is 8.32. The fourth-order valence-corrected chi connectivity index (χ4v) is 2.97. The minimum Gasteiger partial charge on any atom is -0.337 e. The third kappa shape index (κ3) is 2.93. The van der Waals surface area contributed by atoms with E-state index in [1.165, 1.54) is 18.5 Å². The number of halogens is 1. The summed E-state index contributed by atoms with van der Waals surface area (Å²) in [6.07, 6.45) is 3.28. The van der Waals surface area contributed by atoms with Crippen molar-refractivity contribution in [3.05, 3.63) is 41.6 Å². The highest BCUT2D eigenvalue weighted by Gasteiger charge is 2.17. The standard InChI is InChI=1S/C14H15FN4O2S/c1-22(20,21)9-2-3-13(11(15)6-9)19-14-10-7-16-5-4-12(10)17-8-18-14/h2-3,6,8,16H,4-5,7H2,1H3,(H,17,18,19). The number of nitrogens with one attached hydrogen (secondary N) is 2. The molecule has 0 spiro atoms. The topological polar surface area (TPSA) is 84.0 Å². The van der Waals surface area contributed by atoms with Crippen LogP contribution in [-0.2, 0) is 22.8 Å². The number of anilines is 2. The van der Waals surface area contributed by atoms with E-state index in [0.717, 1.165) is 36.5 Å². The SMILES string of the molecule is CS(=O)(=O)c1ccc(Nc2ncnc3c2CNCC3)c(F)c1. The van der Waals surface area contributed by atoms with Crippen LogP contribution in [0.1, 0.15) is 11.3 Å². The average molecular weight is 322 g/mol. The molecule has 1 aliphatic heterocycles. The first-order valence-corrected chi connectivity index (χ1v) is 8.64. The smallest absolute Gasteiger partial charge is 0.175 e. The van der Waals surface area contributed by atoms with Crippen LogP contribution >= 0.6 is 0 Å². The van der Waals surface area contributed by atoms with Gasteiger partial charge in [0.1, 0.15) is 18.0 Å². The Hall–Kier alpha value is -2.06. The van der Waals surface area contributed by atoms with Gasteiger partial charge in [-0.2, -0.15) is 0 Å². The van der Waals surface area contributed by atoms with Crippen molar-refractivity contribution < 1.29 is 12.8 Å². The Morgan fingerprint density at radius 1 is 1.32 bits per heavy atom. The summed E-state index contributed by atoms with van der Waals surface area (Å²) in [5, 5.41) is 6.14. The van der Waals surface area contributed by atoms with Crippen LogP contribution in [0.15, 0.2) is 29.4 Å². The molecule has 0 fully saturated rings. The Kier molecular flexibility index (Phi) is 3.79. The summed E-state index contributed by atoms with van der Waals surface area (Å²) in [7, 11) is -3.43. The van der Waals surface area contributed by atoms with E-state index in [9.17, 15) is 12.8 Å². The van der Waals surface area contributed by atoms with Crippen molar-refractivity contribution in [2.45, 2.75) is 17.9 Å². The van der Waals surface area contributed by atoms with Crippen molar-refractivity contribution >= 4 is 21.3 Å². The van der Waals surface area contributed by atoms with Gasteiger partial charge in [0, 0.05) is 31.3 Å². The van der Waals surface area contributed by atoms with Crippen molar-refractivity contribution in [3.8, 4) is 0 Å². The Bertz CT molecular complexity index is 824. The average Bonchev–Trinajstić information content (AvgIpc) is 2.48. The quantitative estimate of drug-likeness (QED) is 0.889. The molecule has 0 bridgehead atoms. The van der Waals surface area contributed by atoms with Crippen molar-refractivity contribution in [2.75, 3.05) is 18.1 Å². The molecular weight excluding hydrogens is 307 g/mol. The first kappa shape index (κ1) is 14.9. The lowest BCUT2D eigenvalue weighted by molar-refractivity contribution is 0.596. The molecule has 0 saturated carbocycles. The Balaban J connectivity index is 1.94. The van der Waals surface area contributed by atoms with Crippen LogP contribution in [0.25, 0.3) is 0 Å². The van der Waals surface area contributed by atoms with E-state index < -0.39 is 15.7 Å². The van der Waals surface area contributed by atoms with E-state index in [-0.39, 0.29) is 10.6 Å². The fraction of sp³-hybridized carbons (Fsp3) is 0.286. The van der Waals surface area contributed by atoms with Crippen molar-refractivity contribution in [1.82, 2.24) is 15.3 Å². The summed E-state index contributed by atoms with van der Waals surface area (Å²) in [5.74, 6) is -0.109. The van der Waals surface area contributed by atoms with Gasteiger partial charge in [-0.25, -0.2) is 22.8 Å². The van der Waals surface area contributed by atoms with E-state index in [1.807, 2.05) is 0 Å². The maximum absolute atomic E-state index is 14.1. The lowest BCUT2D eigenvalue weighted by Crippen LogP contribution is -2.25. The Morgan fingerprint density at radius 2 is 2.14 bits per heavy atom. The molecule has 0 aliphatic carbocycles. The summed E-state index contributed by atoms with van der Waals surface area (Å²) < 4.78 is 37.0. The second-order valence-electron chi connectivity index (χ2n) is 5.11. The van der Waals surface area contributed by atoms with E-state index >= 15 is 0 Å². The van der Waals surface area contributed by atoms with E-state index in [4.69, 9.17) is 0 Å². The molecule has 0 radical (unpaired) electrons. The molecule has 0 amide bonds. The molecule has 0 saturated heterocycles. The number of aromatic nitrogens is 2. The highest BCUT2D eigenvalue weighted by Crippen LogP contribution is 2.25. The summed E-state index contributed by atoms with van der Waals surface area (Å²) in [5.41, 5.74) is 2.02. The number of nitrogens with zero attached hydrogens (tertiary/aromatic N) is 2. The molecule has 3 rings (SSSR count). The Morgan fingerprint density at radius 3 is 2.86 bits per heavy atom. The van der Waals surface area contributed by atoms with Gasteiger partial charge in [-0.3, -0.25) is 0 Å². The predicted octanol–water partition coefficient (Wildman–Crippen LogP) is 1.41. The van der Waals surface area contributed by atoms with Crippen molar-refractivity contribution in [1.29, 1.82) is 0 Å². The largest absolute Gasteiger partial charge is 0.337 e. The van der Waals surface area contributed by atoms with Crippen LogP contribution in [0.2, 0.25) is 0 Å². The molecule has 8 heteroatoms. The van der Waals surface area contributed by atoms with Gasteiger partial charge < -0.3 is 10.6 Å². The van der Waals surface area contributed by atoms with Gasteiger partial charge in [0.05, 0.1) is 16.3 Å². The molecule has 1 aromatic heterocycles. The van der Waals surface area contributed by atoms with Crippen LogP contribution in [0.5, 0.6) is 0 Å². The zero-order chi connectivity index (χ0) is 15.7. The zero-order valence-corrected chi connectivity index (χ0v) is 12.7. The monoisotopic (exact) mass is 322 g/mol. The fourth-order valence-electron chi connectivity index (χ4n) is 2.33. The summed E-state index contributed by atoms with van der Waals surface area (Å²) in [6.45, 7) is 1.46. The number of sulfone groups is 1. The van der Waals surface area contributed by atoms with Gasteiger partial charge in [0.2, 0.25) is 0 Å². The number of benzene rings is 1. The van der Waals surface area contributed by atoms with E-state index in [1.54, 1.807) is 0 Å². The van der Waals surface area contributed by atoms with Crippen LogP contribution in [-0.4, -0.2) is 31.2 Å². The first-order valence-electron chi connectivity index (χ1n) is 6.75. The molecule has 22 heavy (non-hydrogen) atoms. The van der Waals surface area contributed by atoms with Gasteiger partial charge in [0.25, 0.3) is 0 Å². The minimum absolute atomic E-state index is 0.0538. The highest BCUT2D eigenvalue weighted by molar-refractivity contribution is 7.90. The van der Waals surface area contributed by atoms with Crippen LogP contribution in [0, 0.1) is 5.82 Å². The van der Waals surface area contributed by atoms with Crippen LogP contribution in [0.4, 0.5) is 15.9 Å². The molecule has 2 N–H and O–H groups in total. The zero-order valence-electron chi connectivity index (χ0n) is 11.9. The molecule has 1 aliphatic rings. The molecule has 116 valence electrons. The molecule has 2 heterocycles. The van der Waals surface area contributed by atoms with Gasteiger partial charge in [-0.15, -0.1) is 0 Å². The van der Waals surface area contributed by atoms with Crippen molar-refractivity contribution in [3.63, 3.8) is 0 Å². The predicted molar refractivity (Wildman–Crippen MR) is 80.2 cm³/mol. The molecule has 0 unspecified atom stereocenters. The van der Waals surface area contributed by atoms with Gasteiger partial charge >= 0.3 is 0 Å². The maximum Gasteiger partial charge on any atom is 0.175 e. The maximum atomic E-state index is 14.1. The summed E-state index contributed by atoms with van der Waals surface area (Å²) >= 11 is 0. The van der Waals surface area contributed by atoms with E-state index in [0.29, 0.717) is 12.4 Å². The third-order valence-electron chi connectivity index (χ3n) is 3.50. The second kappa shape index (κ2) is 5.62. The third-order valence-corrected chi connectivity index (χ3v) is 4.61. The molecule has 1 aromatic carbocycles. The Labute approximate surface area is 127 Å². The van der Waals surface area contributed by atoms with Gasteiger partial charge in [-0.1, -0.05) is 0 Å². The molecule has 6 nitrogen and oxygen atoms in total. The van der Waals surface area contributed by atoms with Gasteiger partial charge in [0.15, 0.2) is 9.84 Å². The lowest BCUT2D eigenvalue weighted by atomic mass is 10.1. The van der Waals surface area contributed by atoms with Crippen molar-refractivity contribution in [2.24, 2.45) is 0 Å². The first-order chi connectivity index (χ1) is 10.4. The van der Waals surface area contributed by atoms with E-state index in [2.05, 4.69) is 20.6 Å². The number of fused-ring (bicyclic) bond motifs is 1.